The van der Waals surface area contributed by atoms with Crippen molar-refractivity contribution in [3.63, 3.8) is 0 Å². The van der Waals surface area contributed by atoms with Gasteiger partial charge in [-0.2, -0.15) is 0 Å². The number of Topliss-reactive ketones (excluding diaryl/α,β-unsaturated/α-hetero) is 1. The van der Waals surface area contributed by atoms with Gasteiger partial charge in [0, 0.05) is 42.2 Å². The molecule has 0 saturated carbocycles. The summed E-state index contributed by atoms with van der Waals surface area (Å²) in [6, 6.07) is 21.7. The fraction of sp³-hybridized carbons (Fsp3) is 0.222. The lowest BCUT2D eigenvalue weighted by Crippen LogP contribution is -2.35. The van der Waals surface area contributed by atoms with E-state index in [1.165, 1.54) is 11.3 Å². The number of nitrogens with two attached hydrogens (primary N) is 1. The highest BCUT2D eigenvalue weighted by Gasteiger charge is 2.20. The number of ketones is 1. The van der Waals surface area contributed by atoms with Gasteiger partial charge in [-0.1, -0.05) is 54.6 Å². The molecule has 0 spiro atoms. The van der Waals surface area contributed by atoms with Gasteiger partial charge in [0.05, 0.1) is 13.2 Å². The van der Waals surface area contributed by atoms with Crippen LogP contribution in [0, 0.1) is 0 Å². The van der Waals surface area contributed by atoms with Crippen molar-refractivity contribution < 1.29 is 14.3 Å². The summed E-state index contributed by atoms with van der Waals surface area (Å²) in [4.78, 5) is 32.3. The van der Waals surface area contributed by atoms with E-state index in [4.69, 9.17) is 10.5 Å². The molecule has 0 bridgehead atoms. The topological polar surface area (TPSA) is 97.6 Å². The zero-order valence-corrected chi connectivity index (χ0v) is 20.0. The SMILES string of the molecule is NC(=O)c1nc(Nc2ccc3ccccc3c2)sc1CC(=O)c1ccc(CN2CCOCC2)cc1. The number of ether oxygens (including phenoxy) is 1. The predicted octanol–water partition coefficient (Wildman–Crippen LogP) is 4.40. The number of nitrogens with one attached hydrogen (secondary N) is 1. The van der Waals surface area contributed by atoms with Gasteiger partial charge < -0.3 is 15.8 Å². The number of primary amides is 1. The highest BCUT2D eigenvalue weighted by molar-refractivity contribution is 7.16. The van der Waals surface area contributed by atoms with Crippen molar-refractivity contribution >= 4 is 44.6 Å². The van der Waals surface area contributed by atoms with E-state index in [0.29, 0.717) is 15.6 Å². The molecule has 0 radical (unpaired) electrons. The molecule has 0 aliphatic carbocycles. The number of fused-ring (bicyclic) bond motifs is 1. The van der Waals surface area contributed by atoms with Crippen LogP contribution in [0.2, 0.25) is 0 Å². The van der Waals surface area contributed by atoms with Gasteiger partial charge in [-0.05, 0) is 28.5 Å². The van der Waals surface area contributed by atoms with Crippen LogP contribution in [0.3, 0.4) is 0 Å². The second-order valence-electron chi connectivity index (χ2n) is 8.53. The maximum absolute atomic E-state index is 13.0. The molecule has 1 saturated heterocycles. The Morgan fingerprint density at radius 2 is 1.74 bits per heavy atom. The molecule has 1 aliphatic heterocycles. The second kappa shape index (κ2) is 10.4. The fourth-order valence-corrected chi connectivity index (χ4v) is 5.15. The lowest BCUT2D eigenvalue weighted by atomic mass is 10.0. The molecule has 2 heterocycles. The normalized spacial score (nSPS) is 14.2. The smallest absolute Gasteiger partial charge is 0.268 e. The number of morpholine rings is 1. The Morgan fingerprint density at radius 3 is 2.49 bits per heavy atom. The number of nitrogens with zero attached hydrogens (tertiary/aromatic N) is 2. The van der Waals surface area contributed by atoms with Crippen LogP contribution in [-0.2, 0) is 17.7 Å². The maximum Gasteiger partial charge on any atom is 0.268 e. The van der Waals surface area contributed by atoms with Crippen LogP contribution < -0.4 is 11.1 Å². The fourth-order valence-electron chi connectivity index (χ4n) is 4.17. The van der Waals surface area contributed by atoms with Gasteiger partial charge >= 0.3 is 0 Å². The van der Waals surface area contributed by atoms with Crippen molar-refractivity contribution in [1.29, 1.82) is 0 Å². The summed E-state index contributed by atoms with van der Waals surface area (Å²) in [5, 5.41) is 6.00. The third kappa shape index (κ3) is 5.57. The van der Waals surface area contributed by atoms with Crippen LogP contribution in [0.5, 0.6) is 0 Å². The standard InChI is InChI=1S/C27H26N4O3S/c28-26(33)25-24(35-27(30-25)29-22-10-9-19-3-1-2-4-21(19)15-22)16-23(32)20-7-5-18(6-8-20)17-31-11-13-34-14-12-31/h1-10,15H,11-14,16-17H2,(H2,28,33)(H,29,30). The van der Waals surface area contributed by atoms with Gasteiger partial charge in [-0.3, -0.25) is 14.5 Å². The molecule has 7 nitrogen and oxygen atoms in total. The lowest BCUT2D eigenvalue weighted by Gasteiger charge is -2.26. The Balaban J connectivity index is 1.29. The molecular weight excluding hydrogens is 460 g/mol. The summed E-state index contributed by atoms with van der Waals surface area (Å²) in [5.74, 6) is -0.720. The largest absolute Gasteiger partial charge is 0.379 e. The number of carbonyl (C=O) groups is 2. The zero-order valence-electron chi connectivity index (χ0n) is 19.2. The summed E-state index contributed by atoms with van der Waals surface area (Å²) >= 11 is 1.28. The molecule has 3 N–H and O–H groups in total. The van der Waals surface area contributed by atoms with Crippen molar-refractivity contribution in [3.05, 3.63) is 88.4 Å². The van der Waals surface area contributed by atoms with Crippen molar-refractivity contribution in [2.45, 2.75) is 13.0 Å². The number of benzene rings is 3. The van der Waals surface area contributed by atoms with E-state index >= 15 is 0 Å². The zero-order chi connectivity index (χ0) is 24.2. The highest BCUT2D eigenvalue weighted by Crippen LogP contribution is 2.29. The summed E-state index contributed by atoms with van der Waals surface area (Å²) in [6.45, 7) is 4.17. The Labute approximate surface area is 207 Å². The highest BCUT2D eigenvalue weighted by atomic mass is 32.1. The molecule has 1 aliphatic rings. The monoisotopic (exact) mass is 486 g/mol. The third-order valence-corrected chi connectivity index (χ3v) is 7.01. The van der Waals surface area contributed by atoms with Crippen LogP contribution in [0.1, 0.15) is 31.3 Å². The van der Waals surface area contributed by atoms with Crippen molar-refractivity contribution in [2.24, 2.45) is 5.73 Å². The van der Waals surface area contributed by atoms with E-state index in [2.05, 4.69) is 15.2 Å². The van der Waals surface area contributed by atoms with Gasteiger partial charge in [0.2, 0.25) is 0 Å². The molecule has 178 valence electrons. The first-order chi connectivity index (χ1) is 17.0. The summed E-state index contributed by atoms with van der Waals surface area (Å²) in [5.41, 5.74) is 8.31. The Hall–Kier alpha value is -3.59. The molecule has 5 rings (SSSR count). The average molecular weight is 487 g/mol. The number of carbonyl (C=O) groups excluding carboxylic acids is 2. The number of aromatic nitrogens is 1. The van der Waals surface area contributed by atoms with Crippen molar-refractivity contribution in [2.75, 3.05) is 31.6 Å². The van der Waals surface area contributed by atoms with Crippen LogP contribution in [-0.4, -0.2) is 47.9 Å². The van der Waals surface area contributed by atoms with E-state index in [9.17, 15) is 9.59 Å². The van der Waals surface area contributed by atoms with E-state index in [-0.39, 0.29) is 17.9 Å². The van der Waals surface area contributed by atoms with E-state index in [1.54, 1.807) is 0 Å². The van der Waals surface area contributed by atoms with Crippen LogP contribution >= 0.6 is 11.3 Å². The average Bonchev–Trinajstić information content (AvgIpc) is 3.27. The molecule has 35 heavy (non-hydrogen) atoms. The molecule has 8 heteroatoms. The molecule has 1 aromatic heterocycles. The minimum atomic E-state index is -0.642. The summed E-state index contributed by atoms with van der Waals surface area (Å²) in [6.07, 6.45) is 0.0676. The summed E-state index contributed by atoms with van der Waals surface area (Å²) in [7, 11) is 0. The first-order valence-electron chi connectivity index (χ1n) is 11.5. The molecule has 4 aromatic rings. The van der Waals surface area contributed by atoms with Crippen LogP contribution in [0.15, 0.2) is 66.7 Å². The number of thiazole rings is 1. The Morgan fingerprint density at radius 1 is 1.00 bits per heavy atom. The van der Waals surface area contributed by atoms with Gasteiger partial charge in [-0.15, -0.1) is 11.3 Å². The molecular formula is C27H26N4O3S. The Kier molecular flexibility index (Phi) is 6.85. The number of hydrogen-bond acceptors (Lipinski definition) is 7. The molecule has 1 fully saturated rings. The van der Waals surface area contributed by atoms with Gasteiger partial charge in [0.15, 0.2) is 10.9 Å². The minimum Gasteiger partial charge on any atom is -0.379 e. The second-order valence-corrected chi connectivity index (χ2v) is 9.61. The number of hydrogen-bond donors (Lipinski definition) is 2. The maximum atomic E-state index is 13.0. The Bertz CT molecular complexity index is 1360. The molecule has 1 amide bonds. The van der Waals surface area contributed by atoms with Crippen LogP contribution in [0.4, 0.5) is 10.8 Å². The van der Waals surface area contributed by atoms with Crippen LogP contribution in [0.25, 0.3) is 10.8 Å². The summed E-state index contributed by atoms with van der Waals surface area (Å²) < 4.78 is 5.40. The van der Waals surface area contributed by atoms with E-state index < -0.39 is 5.91 Å². The third-order valence-electron chi connectivity index (χ3n) is 6.04. The lowest BCUT2D eigenvalue weighted by molar-refractivity contribution is 0.0342. The predicted molar refractivity (Wildman–Crippen MR) is 138 cm³/mol. The van der Waals surface area contributed by atoms with Gasteiger partial charge in [0.25, 0.3) is 5.91 Å². The number of anilines is 2. The minimum absolute atomic E-state index is 0.0676. The number of amides is 1. The quantitative estimate of drug-likeness (QED) is 0.359. The number of rotatable bonds is 8. The van der Waals surface area contributed by atoms with Crippen molar-refractivity contribution in [3.8, 4) is 0 Å². The van der Waals surface area contributed by atoms with E-state index in [1.807, 2.05) is 66.7 Å². The molecule has 0 unspecified atom stereocenters. The van der Waals surface area contributed by atoms with Gasteiger partial charge in [-0.25, -0.2) is 4.98 Å². The van der Waals surface area contributed by atoms with Crippen molar-refractivity contribution in [1.82, 2.24) is 9.88 Å². The first-order valence-corrected chi connectivity index (χ1v) is 12.3. The molecule has 0 atom stereocenters. The van der Waals surface area contributed by atoms with E-state index in [0.717, 1.165) is 54.9 Å². The first kappa shape index (κ1) is 23.2. The molecule has 3 aromatic carbocycles. The van der Waals surface area contributed by atoms with Gasteiger partial charge in [0.1, 0.15) is 5.69 Å².